The van der Waals surface area contributed by atoms with Crippen molar-refractivity contribution in [2.24, 2.45) is 17.0 Å². The van der Waals surface area contributed by atoms with E-state index in [0.717, 1.165) is 37.1 Å². The summed E-state index contributed by atoms with van der Waals surface area (Å²) >= 11 is 0. The predicted molar refractivity (Wildman–Crippen MR) is 89.1 cm³/mol. The van der Waals surface area contributed by atoms with Crippen LogP contribution in [0.3, 0.4) is 0 Å². The van der Waals surface area contributed by atoms with Gasteiger partial charge in [-0.3, -0.25) is 5.32 Å². The van der Waals surface area contributed by atoms with Crippen molar-refractivity contribution in [3.05, 3.63) is 29.3 Å². The summed E-state index contributed by atoms with van der Waals surface area (Å²) in [5.41, 5.74) is 3.70. The minimum atomic E-state index is -0.512. The fourth-order valence-electron chi connectivity index (χ4n) is 3.65. The third kappa shape index (κ3) is 3.49. The average Bonchev–Trinajstić information content (AvgIpc) is 2.72. The SMILES string of the molecule is CC(C)(C)OC(=O)Nc1ccc2c(c1)CC1CCC(C2)/C1=N/O. The second-order valence-corrected chi connectivity index (χ2v) is 7.51. The highest BCUT2D eigenvalue weighted by Crippen LogP contribution is 2.38. The molecule has 23 heavy (non-hydrogen) atoms. The van der Waals surface area contributed by atoms with Crippen LogP contribution < -0.4 is 5.32 Å². The number of nitrogens with zero attached hydrogens (tertiary/aromatic N) is 1. The van der Waals surface area contributed by atoms with E-state index in [0.29, 0.717) is 11.8 Å². The molecule has 1 aromatic rings. The summed E-state index contributed by atoms with van der Waals surface area (Å²) < 4.78 is 5.29. The zero-order chi connectivity index (χ0) is 16.6. The number of fused-ring (bicyclic) bond motifs is 3. The van der Waals surface area contributed by atoms with Gasteiger partial charge in [0.15, 0.2) is 0 Å². The third-order valence-electron chi connectivity index (χ3n) is 4.60. The molecule has 0 aliphatic heterocycles. The third-order valence-corrected chi connectivity index (χ3v) is 4.60. The van der Waals surface area contributed by atoms with Crippen LogP contribution in [-0.2, 0) is 17.6 Å². The van der Waals surface area contributed by atoms with Gasteiger partial charge in [-0.15, -0.1) is 0 Å². The van der Waals surface area contributed by atoms with Crippen LogP contribution in [-0.4, -0.2) is 22.6 Å². The Morgan fingerprint density at radius 1 is 1.22 bits per heavy atom. The highest BCUT2D eigenvalue weighted by atomic mass is 16.6. The molecule has 0 spiro atoms. The molecule has 0 aromatic heterocycles. The van der Waals surface area contributed by atoms with Crippen LogP contribution in [0.15, 0.2) is 23.4 Å². The number of ether oxygens (including phenoxy) is 1. The number of anilines is 1. The van der Waals surface area contributed by atoms with E-state index in [1.54, 1.807) is 0 Å². The molecule has 1 aromatic carbocycles. The molecule has 2 N–H and O–H groups in total. The Hall–Kier alpha value is -2.04. The van der Waals surface area contributed by atoms with E-state index in [2.05, 4.69) is 16.5 Å². The molecule has 2 atom stereocenters. The zero-order valence-electron chi connectivity index (χ0n) is 13.9. The summed E-state index contributed by atoms with van der Waals surface area (Å²) in [6.07, 6.45) is 3.52. The average molecular weight is 316 g/mol. The highest BCUT2D eigenvalue weighted by molar-refractivity contribution is 5.91. The Morgan fingerprint density at radius 3 is 2.48 bits per heavy atom. The van der Waals surface area contributed by atoms with Crippen molar-refractivity contribution in [3.63, 3.8) is 0 Å². The number of amides is 1. The van der Waals surface area contributed by atoms with E-state index < -0.39 is 11.7 Å². The number of nitrogens with one attached hydrogen (secondary N) is 1. The molecule has 2 aliphatic rings. The highest BCUT2D eigenvalue weighted by Gasteiger charge is 2.36. The fourth-order valence-corrected chi connectivity index (χ4v) is 3.65. The summed E-state index contributed by atoms with van der Waals surface area (Å²) in [6, 6.07) is 6.00. The molecule has 1 saturated carbocycles. The molecule has 3 rings (SSSR count). The normalized spacial score (nSPS) is 24.9. The first kappa shape index (κ1) is 15.8. The molecule has 5 nitrogen and oxygen atoms in total. The lowest BCUT2D eigenvalue weighted by atomic mass is 9.93. The van der Waals surface area contributed by atoms with Crippen LogP contribution in [0, 0.1) is 11.8 Å². The van der Waals surface area contributed by atoms with Gasteiger partial charge in [-0.25, -0.2) is 4.79 Å². The van der Waals surface area contributed by atoms with Crippen LogP contribution in [0.2, 0.25) is 0 Å². The quantitative estimate of drug-likeness (QED) is 0.608. The monoisotopic (exact) mass is 316 g/mol. The number of rotatable bonds is 1. The van der Waals surface area contributed by atoms with Crippen LogP contribution in [0.4, 0.5) is 10.5 Å². The molecule has 124 valence electrons. The van der Waals surface area contributed by atoms with Crippen LogP contribution in [0.1, 0.15) is 44.7 Å². The van der Waals surface area contributed by atoms with Gasteiger partial charge in [0.25, 0.3) is 0 Å². The van der Waals surface area contributed by atoms with Crippen molar-refractivity contribution in [1.29, 1.82) is 0 Å². The first-order valence-corrected chi connectivity index (χ1v) is 8.19. The van der Waals surface area contributed by atoms with E-state index in [-0.39, 0.29) is 0 Å². The minimum Gasteiger partial charge on any atom is -0.444 e. The maximum atomic E-state index is 11.9. The molecule has 0 radical (unpaired) electrons. The van der Waals surface area contributed by atoms with Gasteiger partial charge in [0.1, 0.15) is 5.60 Å². The van der Waals surface area contributed by atoms with Crippen LogP contribution in [0.5, 0.6) is 0 Å². The van der Waals surface area contributed by atoms with Crippen molar-refractivity contribution in [2.45, 2.75) is 52.1 Å². The molecule has 0 saturated heterocycles. The number of benzene rings is 1. The Kier molecular flexibility index (Phi) is 4.04. The van der Waals surface area contributed by atoms with Crippen molar-refractivity contribution in [3.8, 4) is 0 Å². The lowest BCUT2D eigenvalue weighted by Crippen LogP contribution is -2.27. The van der Waals surface area contributed by atoms with Crippen molar-refractivity contribution >= 4 is 17.5 Å². The summed E-state index contributed by atoms with van der Waals surface area (Å²) in [7, 11) is 0. The van der Waals surface area contributed by atoms with Crippen LogP contribution in [0.25, 0.3) is 0 Å². The molecular weight excluding hydrogens is 292 g/mol. The van der Waals surface area contributed by atoms with Gasteiger partial charge in [0.05, 0.1) is 5.71 Å². The number of carbonyl (C=O) groups excluding carboxylic acids is 1. The van der Waals surface area contributed by atoms with Gasteiger partial charge in [-0.05, 0) is 69.7 Å². The first-order chi connectivity index (χ1) is 10.9. The molecule has 0 heterocycles. The first-order valence-electron chi connectivity index (χ1n) is 8.19. The van der Waals surface area contributed by atoms with E-state index in [1.807, 2.05) is 32.9 Å². The van der Waals surface area contributed by atoms with E-state index in [9.17, 15) is 10.0 Å². The van der Waals surface area contributed by atoms with E-state index in [1.165, 1.54) is 11.1 Å². The lowest BCUT2D eigenvalue weighted by Gasteiger charge is -2.20. The Bertz CT molecular complexity index is 646. The Labute approximate surface area is 136 Å². The minimum absolute atomic E-state index is 0.322. The molecule has 2 aliphatic carbocycles. The molecule has 1 fully saturated rings. The van der Waals surface area contributed by atoms with Crippen molar-refractivity contribution < 1.29 is 14.7 Å². The lowest BCUT2D eigenvalue weighted by molar-refractivity contribution is 0.0636. The number of oxime groups is 1. The summed E-state index contributed by atoms with van der Waals surface area (Å²) in [5.74, 6) is 0.680. The van der Waals surface area contributed by atoms with E-state index in [4.69, 9.17) is 4.74 Å². The van der Waals surface area contributed by atoms with Gasteiger partial charge < -0.3 is 9.94 Å². The van der Waals surface area contributed by atoms with Crippen molar-refractivity contribution in [1.82, 2.24) is 0 Å². The smallest absolute Gasteiger partial charge is 0.412 e. The van der Waals surface area contributed by atoms with Gasteiger partial charge in [-0.2, -0.15) is 0 Å². The van der Waals surface area contributed by atoms with Gasteiger partial charge in [0.2, 0.25) is 0 Å². The number of carbonyl (C=O) groups is 1. The molecular formula is C18H24N2O3. The van der Waals surface area contributed by atoms with E-state index >= 15 is 0 Å². The maximum Gasteiger partial charge on any atom is 0.412 e. The summed E-state index contributed by atoms with van der Waals surface area (Å²) in [6.45, 7) is 5.53. The van der Waals surface area contributed by atoms with Crippen molar-refractivity contribution in [2.75, 3.05) is 5.32 Å². The molecule has 2 unspecified atom stereocenters. The number of hydrogen-bond acceptors (Lipinski definition) is 4. The predicted octanol–water partition coefficient (Wildman–Crippen LogP) is 3.99. The largest absolute Gasteiger partial charge is 0.444 e. The second-order valence-electron chi connectivity index (χ2n) is 7.51. The Balaban J connectivity index is 1.78. The molecule has 2 bridgehead atoms. The van der Waals surface area contributed by atoms with Gasteiger partial charge in [0, 0.05) is 17.5 Å². The van der Waals surface area contributed by atoms with Gasteiger partial charge >= 0.3 is 6.09 Å². The number of hydrogen-bond donors (Lipinski definition) is 2. The molecule has 5 heteroatoms. The maximum absolute atomic E-state index is 11.9. The molecule has 1 amide bonds. The second kappa shape index (κ2) is 5.87. The summed E-state index contributed by atoms with van der Waals surface area (Å²) in [5, 5.41) is 15.6. The van der Waals surface area contributed by atoms with Gasteiger partial charge in [-0.1, -0.05) is 11.2 Å². The Morgan fingerprint density at radius 2 is 1.87 bits per heavy atom. The van der Waals surface area contributed by atoms with Crippen LogP contribution >= 0.6 is 0 Å². The zero-order valence-corrected chi connectivity index (χ0v) is 13.9. The fraction of sp³-hybridized carbons (Fsp3) is 0.556. The standard InChI is InChI=1S/C18H24N2O3/c1-18(2,3)23-17(21)19-15-7-6-11-8-12-4-5-13(16(12)20-22)9-14(11)10-15/h6-7,10,12-13,22H,4-5,8-9H2,1-3H3,(H,19,21)/b20-16-. The summed E-state index contributed by atoms with van der Waals surface area (Å²) in [4.78, 5) is 11.9. The topological polar surface area (TPSA) is 70.9 Å².